The second kappa shape index (κ2) is 2.06. The number of hydrogen-bond acceptors (Lipinski definition) is 1. The van der Waals surface area contributed by atoms with Crippen LogP contribution in [-0.2, 0) is 0 Å². The summed E-state index contributed by atoms with van der Waals surface area (Å²) in [5.41, 5.74) is 2.43. The summed E-state index contributed by atoms with van der Waals surface area (Å²) in [5, 5.41) is 8.52. The van der Waals surface area contributed by atoms with Crippen molar-refractivity contribution >= 4 is 0 Å². The van der Waals surface area contributed by atoms with Crippen LogP contribution in [0.5, 0.6) is 0 Å². The van der Waals surface area contributed by atoms with Crippen LogP contribution in [0.25, 0.3) is 0 Å². The van der Waals surface area contributed by atoms with E-state index in [-0.39, 0.29) is 5.92 Å². The largest absolute Gasteiger partial charge is 0.197 e. The van der Waals surface area contributed by atoms with Gasteiger partial charge in [0.2, 0.25) is 0 Å². The Labute approximate surface area is 55.3 Å². The lowest BCUT2D eigenvalue weighted by atomic mass is 10.1. The number of rotatable bonds is 0. The second-order valence-corrected chi connectivity index (χ2v) is 2.33. The minimum Gasteiger partial charge on any atom is -0.197 e. The summed E-state index contributed by atoms with van der Waals surface area (Å²) in [4.78, 5) is 0. The number of nitriles is 1. The molecule has 0 saturated heterocycles. The van der Waals surface area contributed by atoms with E-state index in [1.807, 2.05) is 26.0 Å². The first-order valence-corrected chi connectivity index (χ1v) is 3.01. The Kier molecular flexibility index (Phi) is 1.40. The zero-order chi connectivity index (χ0) is 6.85. The highest BCUT2D eigenvalue weighted by atomic mass is 14.3. The predicted octanol–water partition coefficient (Wildman–Crippen LogP) is 2.03. The third-order valence-corrected chi connectivity index (χ3v) is 1.77. The van der Waals surface area contributed by atoms with Crippen molar-refractivity contribution in [1.82, 2.24) is 0 Å². The van der Waals surface area contributed by atoms with Gasteiger partial charge in [-0.25, -0.2) is 0 Å². The molecule has 0 aromatic heterocycles. The monoisotopic (exact) mass is 119 g/mol. The zero-order valence-corrected chi connectivity index (χ0v) is 5.68. The molecule has 0 N–H and O–H groups in total. The average molecular weight is 119 g/mol. The van der Waals surface area contributed by atoms with Crippen molar-refractivity contribution in [2.45, 2.75) is 13.8 Å². The molecule has 0 saturated carbocycles. The van der Waals surface area contributed by atoms with Crippen LogP contribution in [-0.4, -0.2) is 0 Å². The normalized spacial score (nSPS) is 24.8. The van der Waals surface area contributed by atoms with Gasteiger partial charge in [0.25, 0.3) is 0 Å². The van der Waals surface area contributed by atoms with Crippen molar-refractivity contribution < 1.29 is 0 Å². The van der Waals surface area contributed by atoms with Crippen LogP contribution in [0, 0.1) is 17.2 Å². The highest BCUT2D eigenvalue weighted by Crippen LogP contribution is 2.23. The smallest absolute Gasteiger partial charge is 0.0859 e. The SMILES string of the molecule is CC1=C(C)C(C#N)C=C1. The standard InChI is InChI=1S/C8H9N/c1-6-3-4-8(5-9)7(6)2/h3-4,8H,1-2H3. The maximum atomic E-state index is 8.52. The Morgan fingerprint density at radius 1 is 1.56 bits per heavy atom. The minimum absolute atomic E-state index is 0.0463. The lowest BCUT2D eigenvalue weighted by Gasteiger charge is -1.96. The Balaban J connectivity index is 2.90. The van der Waals surface area contributed by atoms with Gasteiger partial charge in [0.1, 0.15) is 0 Å². The van der Waals surface area contributed by atoms with Crippen LogP contribution in [0.15, 0.2) is 23.3 Å². The second-order valence-electron chi connectivity index (χ2n) is 2.33. The van der Waals surface area contributed by atoms with Crippen LogP contribution in [0.1, 0.15) is 13.8 Å². The molecule has 9 heavy (non-hydrogen) atoms. The molecule has 0 bridgehead atoms. The van der Waals surface area contributed by atoms with Crippen LogP contribution in [0.4, 0.5) is 0 Å². The molecule has 1 aliphatic carbocycles. The summed E-state index contributed by atoms with van der Waals surface area (Å²) in [6.07, 6.45) is 3.94. The molecule has 46 valence electrons. The quantitative estimate of drug-likeness (QED) is 0.478. The van der Waals surface area contributed by atoms with Crippen LogP contribution >= 0.6 is 0 Å². The molecule has 0 aromatic rings. The lowest BCUT2D eigenvalue weighted by Crippen LogP contribution is -1.89. The summed E-state index contributed by atoms with van der Waals surface area (Å²) in [6.45, 7) is 4.03. The van der Waals surface area contributed by atoms with Crippen molar-refractivity contribution in [2.24, 2.45) is 5.92 Å². The average Bonchev–Trinajstić information content (AvgIpc) is 2.15. The van der Waals surface area contributed by atoms with Crippen molar-refractivity contribution in [3.05, 3.63) is 23.3 Å². The van der Waals surface area contributed by atoms with Gasteiger partial charge in [-0.05, 0) is 19.4 Å². The zero-order valence-electron chi connectivity index (χ0n) is 5.68. The molecule has 1 nitrogen and oxygen atoms in total. The van der Waals surface area contributed by atoms with E-state index in [9.17, 15) is 0 Å². The summed E-state index contributed by atoms with van der Waals surface area (Å²) in [7, 11) is 0. The molecule has 0 aliphatic heterocycles. The summed E-state index contributed by atoms with van der Waals surface area (Å²) < 4.78 is 0. The highest BCUT2D eigenvalue weighted by Gasteiger charge is 2.11. The van der Waals surface area contributed by atoms with Gasteiger partial charge in [-0.15, -0.1) is 0 Å². The van der Waals surface area contributed by atoms with Gasteiger partial charge in [0.05, 0.1) is 12.0 Å². The van der Waals surface area contributed by atoms with E-state index < -0.39 is 0 Å². The summed E-state index contributed by atoms with van der Waals surface area (Å²) in [5.74, 6) is 0.0463. The number of hydrogen-bond donors (Lipinski definition) is 0. The Morgan fingerprint density at radius 2 is 2.22 bits per heavy atom. The Bertz CT molecular complexity index is 215. The molecule has 1 unspecified atom stereocenters. The first kappa shape index (κ1) is 6.10. The maximum Gasteiger partial charge on any atom is 0.0859 e. The predicted molar refractivity (Wildman–Crippen MR) is 36.6 cm³/mol. The van der Waals surface area contributed by atoms with Crippen molar-refractivity contribution in [3.8, 4) is 6.07 Å². The van der Waals surface area contributed by atoms with Crippen LogP contribution in [0.2, 0.25) is 0 Å². The Morgan fingerprint density at radius 3 is 2.44 bits per heavy atom. The van der Waals surface area contributed by atoms with Gasteiger partial charge in [-0.2, -0.15) is 5.26 Å². The van der Waals surface area contributed by atoms with Gasteiger partial charge < -0.3 is 0 Å². The fraction of sp³-hybridized carbons (Fsp3) is 0.375. The van der Waals surface area contributed by atoms with E-state index in [1.54, 1.807) is 0 Å². The van der Waals surface area contributed by atoms with Gasteiger partial charge in [0, 0.05) is 0 Å². The van der Waals surface area contributed by atoms with E-state index in [4.69, 9.17) is 5.26 Å². The van der Waals surface area contributed by atoms with Crippen molar-refractivity contribution in [3.63, 3.8) is 0 Å². The Hall–Kier alpha value is -1.03. The summed E-state index contributed by atoms with van der Waals surface area (Å²) in [6, 6.07) is 2.20. The molecule has 1 heteroatoms. The summed E-state index contributed by atoms with van der Waals surface area (Å²) >= 11 is 0. The van der Waals surface area contributed by atoms with E-state index in [0.717, 1.165) is 0 Å². The first-order chi connectivity index (χ1) is 4.25. The van der Waals surface area contributed by atoms with E-state index in [1.165, 1.54) is 11.1 Å². The minimum atomic E-state index is 0.0463. The molecule has 0 fully saturated rings. The molecule has 1 atom stereocenters. The van der Waals surface area contributed by atoms with Gasteiger partial charge in [0.15, 0.2) is 0 Å². The maximum absolute atomic E-state index is 8.52. The fourth-order valence-electron chi connectivity index (χ4n) is 0.901. The molecule has 0 aromatic carbocycles. The van der Waals surface area contributed by atoms with E-state index >= 15 is 0 Å². The van der Waals surface area contributed by atoms with Crippen molar-refractivity contribution in [2.75, 3.05) is 0 Å². The van der Waals surface area contributed by atoms with Crippen LogP contribution < -0.4 is 0 Å². The lowest BCUT2D eigenvalue weighted by molar-refractivity contribution is 0.995. The third-order valence-electron chi connectivity index (χ3n) is 1.77. The molecule has 0 heterocycles. The molecule has 0 radical (unpaired) electrons. The topological polar surface area (TPSA) is 23.8 Å². The van der Waals surface area contributed by atoms with E-state index in [2.05, 4.69) is 6.07 Å². The van der Waals surface area contributed by atoms with Crippen molar-refractivity contribution in [1.29, 1.82) is 5.26 Å². The van der Waals surface area contributed by atoms with Crippen LogP contribution in [0.3, 0.4) is 0 Å². The number of allylic oxidation sites excluding steroid dienone is 4. The van der Waals surface area contributed by atoms with Gasteiger partial charge in [-0.3, -0.25) is 0 Å². The molecule has 0 spiro atoms. The molecule has 1 aliphatic rings. The molecule has 0 amide bonds. The molecular formula is C8H9N. The van der Waals surface area contributed by atoms with E-state index in [0.29, 0.717) is 0 Å². The highest BCUT2D eigenvalue weighted by molar-refractivity contribution is 5.37. The molecular weight excluding hydrogens is 110 g/mol. The van der Waals surface area contributed by atoms with Gasteiger partial charge in [-0.1, -0.05) is 17.7 Å². The number of nitrogens with zero attached hydrogens (tertiary/aromatic N) is 1. The molecule has 1 rings (SSSR count). The third kappa shape index (κ3) is 0.882. The first-order valence-electron chi connectivity index (χ1n) is 3.01. The van der Waals surface area contributed by atoms with Gasteiger partial charge >= 0.3 is 0 Å². The fourth-order valence-corrected chi connectivity index (χ4v) is 0.901.